The Bertz CT molecular complexity index is 773. The minimum Gasteiger partial charge on any atom is -0.318 e. The van der Waals surface area contributed by atoms with Crippen molar-refractivity contribution in [3.8, 4) is 6.07 Å². The number of aromatic nitrogens is 2. The highest BCUT2D eigenvalue weighted by molar-refractivity contribution is 7.86. The highest BCUT2D eigenvalue weighted by Crippen LogP contribution is 2.11. The van der Waals surface area contributed by atoms with Gasteiger partial charge in [-0.15, -0.1) is 0 Å². The summed E-state index contributed by atoms with van der Waals surface area (Å²) in [4.78, 5) is 3.90. The Kier molecular flexibility index (Phi) is 3.81. The first kappa shape index (κ1) is 13.8. The van der Waals surface area contributed by atoms with Crippen molar-refractivity contribution in [2.75, 3.05) is 0 Å². The normalized spacial score (nSPS) is 11.4. The van der Waals surface area contributed by atoms with Gasteiger partial charge < -0.3 is 4.57 Å². The molecule has 0 spiro atoms. The molecule has 0 unspecified atom stereocenters. The summed E-state index contributed by atoms with van der Waals surface area (Å²) in [5.41, 5.74) is 0.331. The van der Waals surface area contributed by atoms with Gasteiger partial charge in [-0.1, -0.05) is 23.4 Å². The third-order valence-electron chi connectivity index (χ3n) is 2.48. The number of nitriles is 1. The van der Waals surface area contributed by atoms with Gasteiger partial charge in [0.2, 0.25) is 0 Å². The number of oxime groups is 1. The molecule has 1 aromatic carbocycles. The van der Waals surface area contributed by atoms with Gasteiger partial charge in [0.05, 0.1) is 6.20 Å². The first-order valence-electron chi connectivity index (χ1n) is 5.48. The molecule has 0 aliphatic rings. The minimum atomic E-state index is -3.94. The van der Waals surface area contributed by atoms with Crippen LogP contribution in [0.2, 0.25) is 0 Å². The summed E-state index contributed by atoms with van der Waals surface area (Å²) in [6.45, 7) is 0. The van der Waals surface area contributed by atoms with E-state index in [2.05, 4.69) is 14.4 Å². The second kappa shape index (κ2) is 5.54. The van der Waals surface area contributed by atoms with Gasteiger partial charge in [0.1, 0.15) is 22.9 Å². The Labute approximate surface area is 115 Å². The van der Waals surface area contributed by atoms with E-state index in [-0.39, 0.29) is 4.90 Å². The fourth-order valence-electron chi connectivity index (χ4n) is 1.40. The second-order valence-corrected chi connectivity index (χ2v) is 5.28. The van der Waals surface area contributed by atoms with Crippen molar-refractivity contribution in [3.05, 3.63) is 48.0 Å². The molecular formula is C12H10N4O3S. The Morgan fingerprint density at radius 2 is 2.10 bits per heavy atom. The van der Waals surface area contributed by atoms with E-state index in [0.29, 0.717) is 11.5 Å². The van der Waals surface area contributed by atoms with Crippen LogP contribution in [0, 0.1) is 11.3 Å². The maximum absolute atomic E-state index is 11.8. The molecule has 2 aromatic rings. The molecule has 102 valence electrons. The van der Waals surface area contributed by atoms with Crippen LogP contribution >= 0.6 is 0 Å². The number of imidazole rings is 1. The smallest absolute Gasteiger partial charge is 0.318 e. The molecule has 0 aliphatic carbocycles. The Morgan fingerprint density at radius 1 is 1.40 bits per heavy atom. The lowest BCUT2D eigenvalue weighted by Gasteiger charge is -2.00. The molecular weight excluding hydrogens is 280 g/mol. The minimum absolute atomic E-state index is 0.00899. The van der Waals surface area contributed by atoms with Gasteiger partial charge in [0.25, 0.3) is 0 Å². The van der Waals surface area contributed by atoms with Crippen LogP contribution in [-0.4, -0.2) is 24.2 Å². The van der Waals surface area contributed by atoms with Crippen LogP contribution in [-0.2, 0) is 21.4 Å². The van der Waals surface area contributed by atoms with Gasteiger partial charge in [0, 0.05) is 7.05 Å². The zero-order chi connectivity index (χ0) is 14.6. The Hall–Kier alpha value is -2.66. The predicted molar refractivity (Wildman–Crippen MR) is 70.2 cm³/mol. The van der Waals surface area contributed by atoms with Crippen LogP contribution in [0.4, 0.5) is 0 Å². The number of nitrogens with zero attached hydrogens (tertiary/aromatic N) is 4. The summed E-state index contributed by atoms with van der Waals surface area (Å²) in [6, 6.07) is 9.59. The predicted octanol–water partition coefficient (Wildman–Crippen LogP) is 1.03. The van der Waals surface area contributed by atoms with Gasteiger partial charge >= 0.3 is 10.1 Å². The quantitative estimate of drug-likeness (QED) is 0.618. The summed E-state index contributed by atoms with van der Waals surface area (Å²) < 4.78 is 29.5. The fourth-order valence-corrected chi connectivity index (χ4v) is 2.14. The van der Waals surface area contributed by atoms with Crippen LogP contribution in [0.3, 0.4) is 0 Å². The lowest BCUT2D eigenvalue weighted by Crippen LogP contribution is -2.04. The third kappa shape index (κ3) is 2.84. The maximum atomic E-state index is 11.8. The highest BCUT2D eigenvalue weighted by atomic mass is 32.2. The fraction of sp³-hybridized carbons (Fsp3) is 0.0833. The first-order valence-corrected chi connectivity index (χ1v) is 6.89. The van der Waals surface area contributed by atoms with E-state index in [9.17, 15) is 8.42 Å². The van der Waals surface area contributed by atoms with Crippen LogP contribution in [0.15, 0.2) is 46.6 Å². The van der Waals surface area contributed by atoms with Crippen molar-refractivity contribution in [1.82, 2.24) is 9.55 Å². The zero-order valence-electron chi connectivity index (χ0n) is 10.5. The van der Waals surface area contributed by atoms with E-state index in [1.807, 2.05) is 6.07 Å². The summed E-state index contributed by atoms with van der Waals surface area (Å²) in [5, 5.41) is 12.1. The van der Waals surface area contributed by atoms with E-state index in [0.717, 1.165) is 6.21 Å². The van der Waals surface area contributed by atoms with Crippen molar-refractivity contribution in [2.24, 2.45) is 12.2 Å². The second-order valence-electron chi connectivity index (χ2n) is 3.75. The van der Waals surface area contributed by atoms with E-state index < -0.39 is 10.1 Å². The molecule has 1 aromatic heterocycles. The number of rotatable bonds is 4. The largest absolute Gasteiger partial charge is 0.358 e. The summed E-state index contributed by atoms with van der Waals surface area (Å²) >= 11 is 0. The molecule has 7 nitrogen and oxygen atoms in total. The van der Waals surface area contributed by atoms with Crippen molar-refractivity contribution < 1.29 is 12.7 Å². The third-order valence-corrected chi connectivity index (χ3v) is 3.61. The Morgan fingerprint density at radius 3 is 2.70 bits per heavy atom. The average Bonchev–Trinajstić information content (AvgIpc) is 2.80. The highest BCUT2D eigenvalue weighted by Gasteiger charge is 2.14. The zero-order valence-corrected chi connectivity index (χ0v) is 11.3. The van der Waals surface area contributed by atoms with Crippen LogP contribution in [0.25, 0.3) is 0 Å². The van der Waals surface area contributed by atoms with Crippen molar-refractivity contribution in [2.45, 2.75) is 4.90 Å². The summed E-state index contributed by atoms with van der Waals surface area (Å²) in [6.07, 6.45) is 2.48. The molecule has 0 saturated heterocycles. The lowest BCUT2D eigenvalue weighted by atomic mass is 10.4. The molecule has 0 atom stereocenters. The van der Waals surface area contributed by atoms with Gasteiger partial charge in [-0.3, -0.25) is 4.28 Å². The molecule has 0 N–H and O–H groups in total. The molecule has 8 heteroatoms. The number of benzene rings is 1. The molecule has 1 heterocycles. The van der Waals surface area contributed by atoms with Crippen molar-refractivity contribution in [3.63, 3.8) is 0 Å². The van der Waals surface area contributed by atoms with Crippen LogP contribution in [0.1, 0.15) is 11.5 Å². The number of hydrogen-bond acceptors (Lipinski definition) is 6. The van der Waals surface area contributed by atoms with Crippen LogP contribution < -0.4 is 0 Å². The molecule has 2 rings (SSSR count). The van der Waals surface area contributed by atoms with E-state index >= 15 is 0 Å². The van der Waals surface area contributed by atoms with E-state index in [1.54, 1.807) is 25.2 Å². The average molecular weight is 290 g/mol. The van der Waals surface area contributed by atoms with Crippen LogP contribution in [0.5, 0.6) is 0 Å². The monoisotopic (exact) mass is 290 g/mol. The molecule has 0 radical (unpaired) electrons. The molecule has 0 fully saturated rings. The van der Waals surface area contributed by atoms with E-state index in [4.69, 9.17) is 5.26 Å². The molecule has 0 saturated carbocycles. The van der Waals surface area contributed by atoms with Gasteiger partial charge in [-0.05, 0) is 12.1 Å². The SMILES string of the molecule is Cn1c(C#N)cnc1C=NOS(=O)(=O)c1ccccc1. The lowest BCUT2D eigenvalue weighted by molar-refractivity contribution is 0.340. The van der Waals surface area contributed by atoms with E-state index in [1.165, 1.54) is 22.9 Å². The van der Waals surface area contributed by atoms with Crippen molar-refractivity contribution in [1.29, 1.82) is 5.26 Å². The summed E-state index contributed by atoms with van der Waals surface area (Å²) in [5.74, 6) is 0.310. The molecule has 0 aliphatic heterocycles. The van der Waals surface area contributed by atoms with Gasteiger partial charge in [0.15, 0.2) is 5.82 Å². The summed E-state index contributed by atoms with van der Waals surface area (Å²) in [7, 11) is -2.33. The van der Waals surface area contributed by atoms with Crippen molar-refractivity contribution >= 4 is 16.3 Å². The first-order chi connectivity index (χ1) is 9.54. The Balaban J connectivity index is 2.14. The standard InChI is InChI=1S/C12H10N4O3S/c1-16-10(7-13)8-14-12(16)9-15-19-20(17,18)11-5-3-2-4-6-11/h2-6,8-9H,1H3. The maximum Gasteiger partial charge on any atom is 0.358 e. The van der Waals surface area contributed by atoms with Gasteiger partial charge in [-0.2, -0.15) is 13.7 Å². The topological polar surface area (TPSA) is 97.3 Å². The molecule has 0 bridgehead atoms. The number of hydrogen-bond donors (Lipinski definition) is 0. The van der Waals surface area contributed by atoms with Gasteiger partial charge in [-0.25, -0.2) is 4.98 Å². The molecule has 0 amide bonds. The molecule has 20 heavy (non-hydrogen) atoms.